The summed E-state index contributed by atoms with van der Waals surface area (Å²) in [4.78, 5) is 24.7. The van der Waals surface area contributed by atoms with Crippen molar-refractivity contribution in [3.63, 3.8) is 0 Å². The molecule has 9 heteroatoms. The fourth-order valence-electron chi connectivity index (χ4n) is 2.37. The number of halogens is 1. The molecule has 0 saturated heterocycles. The number of hydrogen-bond donors (Lipinski definition) is 1. The van der Waals surface area contributed by atoms with Crippen LogP contribution in [0.3, 0.4) is 0 Å². The van der Waals surface area contributed by atoms with Gasteiger partial charge in [-0.05, 0) is 47.7 Å². The van der Waals surface area contributed by atoms with Gasteiger partial charge in [0.05, 0.1) is 17.8 Å². The average Bonchev–Trinajstić information content (AvgIpc) is 3.11. The summed E-state index contributed by atoms with van der Waals surface area (Å²) in [6, 6.07) is 11.8. The van der Waals surface area contributed by atoms with Crippen LogP contribution in [0.5, 0.6) is 5.75 Å². The zero-order valence-corrected chi connectivity index (χ0v) is 15.4. The van der Waals surface area contributed by atoms with Crippen LogP contribution in [0.25, 0.3) is 11.4 Å². The molecule has 27 heavy (non-hydrogen) atoms. The maximum atomic E-state index is 12.3. The summed E-state index contributed by atoms with van der Waals surface area (Å²) >= 11 is 6.16. The number of tetrazole rings is 1. The third kappa shape index (κ3) is 4.48. The number of hydrogen-bond acceptors (Lipinski definition) is 6. The van der Waals surface area contributed by atoms with Crippen molar-refractivity contribution in [3.8, 4) is 17.1 Å². The van der Waals surface area contributed by atoms with Gasteiger partial charge in [-0.25, -0.2) is 0 Å². The number of anilines is 1. The molecule has 1 heterocycles. The minimum atomic E-state index is -0.217. The van der Waals surface area contributed by atoms with E-state index in [-0.39, 0.29) is 18.2 Å². The molecule has 1 amide bonds. The number of rotatable bonds is 6. The van der Waals surface area contributed by atoms with Gasteiger partial charge in [-0.15, -0.1) is 10.2 Å². The fourth-order valence-corrected chi connectivity index (χ4v) is 2.60. The first-order valence-electron chi connectivity index (χ1n) is 7.99. The molecule has 1 N–H and O–H groups in total. The molecular weight excluding hydrogens is 370 g/mol. The Morgan fingerprint density at radius 1 is 1.19 bits per heavy atom. The second kappa shape index (κ2) is 7.96. The predicted molar refractivity (Wildman–Crippen MR) is 99.9 cm³/mol. The van der Waals surface area contributed by atoms with E-state index in [1.54, 1.807) is 49.6 Å². The molecule has 0 unspecified atom stereocenters. The smallest absolute Gasteiger partial charge is 0.221 e. The van der Waals surface area contributed by atoms with Gasteiger partial charge >= 0.3 is 0 Å². The van der Waals surface area contributed by atoms with Crippen LogP contribution in [0.15, 0.2) is 42.5 Å². The number of Topliss-reactive ketones (excluding diaryl/α,β-unsaturated/α-hetero) is 1. The molecule has 0 radical (unpaired) electrons. The molecule has 0 aliphatic heterocycles. The van der Waals surface area contributed by atoms with Gasteiger partial charge in [-0.3, -0.25) is 9.59 Å². The van der Waals surface area contributed by atoms with Crippen molar-refractivity contribution in [1.82, 2.24) is 20.2 Å². The molecule has 8 nitrogen and oxygen atoms in total. The second-order valence-electron chi connectivity index (χ2n) is 5.67. The van der Waals surface area contributed by atoms with Crippen molar-refractivity contribution < 1.29 is 14.3 Å². The Morgan fingerprint density at radius 2 is 1.93 bits per heavy atom. The van der Waals surface area contributed by atoms with E-state index in [4.69, 9.17) is 16.3 Å². The first-order valence-corrected chi connectivity index (χ1v) is 8.36. The largest absolute Gasteiger partial charge is 0.497 e. The van der Waals surface area contributed by atoms with Gasteiger partial charge in [-0.1, -0.05) is 11.6 Å². The fraction of sp³-hybridized carbons (Fsp3) is 0.167. The third-order valence-corrected chi connectivity index (χ3v) is 4.00. The lowest BCUT2D eigenvalue weighted by atomic mass is 10.1. The first kappa shape index (κ1) is 18.5. The van der Waals surface area contributed by atoms with Gasteiger partial charge < -0.3 is 10.1 Å². The average molecular weight is 386 g/mol. The molecule has 3 aromatic rings. The van der Waals surface area contributed by atoms with Crippen molar-refractivity contribution in [2.24, 2.45) is 0 Å². The summed E-state index contributed by atoms with van der Waals surface area (Å²) < 4.78 is 5.07. The van der Waals surface area contributed by atoms with Crippen LogP contribution < -0.4 is 10.1 Å². The number of ether oxygens (including phenoxy) is 1. The van der Waals surface area contributed by atoms with Crippen LogP contribution in [0.1, 0.15) is 17.3 Å². The lowest BCUT2D eigenvalue weighted by Gasteiger charge is -2.05. The maximum absolute atomic E-state index is 12.3. The van der Waals surface area contributed by atoms with Crippen LogP contribution in [-0.2, 0) is 11.3 Å². The molecule has 0 aliphatic rings. The first-order chi connectivity index (χ1) is 13.0. The molecule has 2 aromatic carbocycles. The Hall–Kier alpha value is -3.26. The molecule has 1 aromatic heterocycles. The van der Waals surface area contributed by atoms with Crippen LogP contribution in [0.4, 0.5) is 5.69 Å². The summed E-state index contributed by atoms with van der Waals surface area (Å²) in [5.41, 5.74) is 1.64. The van der Waals surface area contributed by atoms with Crippen LogP contribution in [0, 0.1) is 0 Å². The molecule has 0 bridgehead atoms. The topological polar surface area (TPSA) is 99.0 Å². The summed E-state index contributed by atoms with van der Waals surface area (Å²) in [5.74, 6) is 0.632. The maximum Gasteiger partial charge on any atom is 0.221 e. The molecule has 0 fully saturated rings. The lowest BCUT2D eigenvalue weighted by molar-refractivity contribution is -0.114. The predicted octanol–water partition coefficient (Wildman–Crippen LogP) is 2.84. The number of carbonyl (C=O) groups excluding carboxylic acids is 2. The van der Waals surface area contributed by atoms with E-state index in [1.807, 2.05) is 0 Å². The minimum absolute atomic E-state index is 0.0446. The molecular formula is C18H16ClN5O3. The van der Waals surface area contributed by atoms with Crippen molar-refractivity contribution >= 4 is 29.0 Å². The van der Waals surface area contributed by atoms with E-state index in [1.165, 1.54) is 11.7 Å². The van der Waals surface area contributed by atoms with Gasteiger partial charge in [0.2, 0.25) is 11.7 Å². The van der Waals surface area contributed by atoms with Crippen molar-refractivity contribution in [1.29, 1.82) is 0 Å². The lowest BCUT2D eigenvalue weighted by Crippen LogP contribution is -2.13. The minimum Gasteiger partial charge on any atom is -0.497 e. The Labute approximate surface area is 160 Å². The molecule has 0 aliphatic carbocycles. The highest BCUT2D eigenvalue weighted by Gasteiger charge is 2.13. The van der Waals surface area contributed by atoms with Gasteiger partial charge in [0.1, 0.15) is 12.3 Å². The Balaban J connectivity index is 1.73. The van der Waals surface area contributed by atoms with E-state index in [9.17, 15) is 9.59 Å². The summed E-state index contributed by atoms with van der Waals surface area (Å²) in [6.07, 6.45) is 0. The molecule has 3 rings (SSSR count). The summed E-state index contributed by atoms with van der Waals surface area (Å²) in [7, 11) is 1.56. The van der Waals surface area contributed by atoms with E-state index in [0.29, 0.717) is 33.4 Å². The SMILES string of the molecule is COc1ccc(C(=O)Cn2nnc(-c3ccc(NC(C)=O)c(Cl)c3)n2)cc1. The van der Waals surface area contributed by atoms with E-state index in [0.717, 1.165) is 0 Å². The summed E-state index contributed by atoms with van der Waals surface area (Å²) in [6.45, 7) is 1.36. The molecule has 0 saturated carbocycles. The van der Waals surface area contributed by atoms with Gasteiger partial charge in [0, 0.05) is 18.1 Å². The van der Waals surface area contributed by atoms with E-state index < -0.39 is 0 Å². The second-order valence-corrected chi connectivity index (χ2v) is 6.08. The quantitative estimate of drug-likeness (QED) is 0.655. The number of nitrogens with zero attached hydrogens (tertiary/aromatic N) is 4. The van der Waals surface area contributed by atoms with Crippen molar-refractivity contribution in [2.45, 2.75) is 13.5 Å². The Bertz CT molecular complexity index is 985. The van der Waals surface area contributed by atoms with E-state index in [2.05, 4.69) is 20.7 Å². The van der Waals surface area contributed by atoms with Gasteiger partial charge in [0.15, 0.2) is 5.78 Å². The number of benzene rings is 2. The van der Waals surface area contributed by atoms with Gasteiger partial charge in [0.25, 0.3) is 0 Å². The Morgan fingerprint density at radius 3 is 2.56 bits per heavy atom. The standard InChI is InChI=1S/C18H16ClN5O3/c1-11(25)20-16-8-5-13(9-15(16)19)18-21-23-24(22-18)10-17(26)12-3-6-14(27-2)7-4-12/h3-9H,10H2,1-2H3,(H,20,25). The van der Waals surface area contributed by atoms with E-state index >= 15 is 0 Å². The summed E-state index contributed by atoms with van der Waals surface area (Å²) in [5, 5.41) is 15.1. The van der Waals surface area contributed by atoms with Crippen LogP contribution in [0.2, 0.25) is 5.02 Å². The number of amides is 1. The highest BCUT2D eigenvalue weighted by Crippen LogP contribution is 2.27. The van der Waals surface area contributed by atoms with Crippen molar-refractivity contribution in [3.05, 3.63) is 53.1 Å². The zero-order valence-electron chi connectivity index (χ0n) is 14.6. The number of carbonyl (C=O) groups is 2. The molecule has 0 atom stereocenters. The van der Waals surface area contributed by atoms with Crippen LogP contribution >= 0.6 is 11.6 Å². The third-order valence-electron chi connectivity index (χ3n) is 3.69. The zero-order chi connectivity index (χ0) is 19.4. The number of ketones is 1. The number of aromatic nitrogens is 4. The van der Waals surface area contributed by atoms with Crippen molar-refractivity contribution in [2.75, 3.05) is 12.4 Å². The highest BCUT2D eigenvalue weighted by atomic mass is 35.5. The normalized spacial score (nSPS) is 10.5. The number of methoxy groups -OCH3 is 1. The number of nitrogens with one attached hydrogen (secondary N) is 1. The highest BCUT2D eigenvalue weighted by molar-refractivity contribution is 6.34. The van der Waals surface area contributed by atoms with Gasteiger partial charge in [-0.2, -0.15) is 4.80 Å². The molecule has 0 spiro atoms. The van der Waals surface area contributed by atoms with Crippen LogP contribution in [-0.4, -0.2) is 39.0 Å². The Kier molecular flexibility index (Phi) is 5.46. The monoisotopic (exact) mass is 385 g/mol. The molecule has 138 valence electrons.